The van der Waals surface area contributed by atoms with E-state index in [-0.39, 0.29) is 5.92 Å². The van der Waals surface area contributed by atoms with Crippen LogP contribution < -0.4 is 0 Å². The van der Waals surface area contributed by atoms with Gasteiger partial charge < -0.3 is 0 Å². The molecular formula is C15H16ClN7. The SMILES string of the molecule is Clc1cccc(Cc2nc(C3CCCCn4nnnc43)n[nH]2)c1. The molecule has 1 aliphatic rings. The summed E-state index contributed by atoms with van der Waals surface area (Å²) in [5.74, 6) is 2.50. The lowest BCUT2D eigenvalue weighted by Gasteiger charge is -2.07. The molecule has 2 aromatic heterocycles. The highest BCUT2D eigenvalue weighted by atomic mass is 35.5. The fourth-order valence-electron chi connectivity index (χ4n) is 2.99. The average Bonchev–Trinajstić information content (AvgIpc) is 3.14. The second-order valence-electron chi connectivity index (χ2n) is 5.76. The molecule has 0 saturated carbocycles. The Balaban J connectivity index is 1.59. The first-order chi connectivity index (χ1) is 11.3. The summed E-state index contributed by atoms with van der Waals surface area (Å²) in [6, 6.07) is 7.77. The van der Waals surface area contributed by atoms with Crippen LogP contribution in [0, 0.1) is 0 Å². The van der Waals surface area contributed by atoms with E-state index in [0.29, 0.717) is 6.42 Å². The molecule has 0 amide bonds. The number of hydrogen-bond donors (Lipinski definition) is 1. The summed E-state index contributed by atoms with van der Waals surface area (Å²) in [6.07, 6.45) is 3.82. The van der Waals surface area contributed by atoms with Crippen LogP contribution in [-0.4, -0.2) is 35.4 Å². The third-order valence-electron chi connectivity index (χ3n) is 4.11. The number of fused-ring (bicyclic) bond motifs is 1. The number of rotatable bonds is 3. The topological polar surface area (TPSA) is 85.2 Å². The van der Waals surface area contributed by atoms with Crippen LogP contribution in [-0.2, 0) is 13.0 Å². The lowest BCUT2D eigenvalue weighted by Crippen LogP contribution is -2.10. The minimum absolute atomic E-state index is 0.0526. The predicted molar refractivity (Wildman–Crippen MR) is 84.2 cm³/mol. The maximum Gasteiger partial charge on any atom is 0.161 e. The molecule has 0 fully saturated rings. The molecule has 1 aliphatic heterocycles. The van der Waals surface area contributed by atoms with E-state index in [0.717, 1.165) is 53.9 Å². The molecule has 118 valence electrons. The Kier molecular flexibility index (Phi) is 3.78. The molecule has 1 unspecified atom stereocenters. The summed E-state index contributed by atoms with van der Waals surface area (Å²) in [6.45, 7) is 0.860. The van der Waals surface area contributed by atoms with Gasteiger partial charge in [0.05, 0.1) is 5.92 Å². The Morgan fingerprint density at radius 2 is 2.26 bits per heavy atom. The largest absolute Gasteiger partial charge is 0.263 e. The second kappa shape index (κ2) is 6.08. The molecule has 3 aromatic rings. The number of aryl methyl sites for hydroxylation is 1. The van der Waals surface area contributed by atoms with Crippen LogP contribution in [0.2, 0.25) is 5.02 Å². The second-order valence-corrected chi connectivity index (χ2v) is 6.19. The first kappa shape index (κ1) is 14.3. The highest BCUT2D eigenvalue weighted by Crippen LogP contribution is 2.28. The van der Waals surface area contributed by atoms with Gasteiger partial charge in [-0.2, -0.15) is 5.10 Å². The number of aromatic nitrogens is 7. The number of aromatic amines is 1. The maximum absolute atomic E-state index is 6.03. The Labute approximate surface area is 138 Å². The van der Waals surface area contributed by atoms with Crippen molar-refractivity contribution in [2.75, 3.05) is 0 Å². The van der Waals surface area contributed by atoms with Crippen molar-refractivity contribution in [3.63, 3.8) is 0 Å². The van der Waals surface area contributed by atoms with Crippen molar-refractivity contribution in [1.82, 2.24) is 35.4 Å². The summed E-state index contributed by atoms with van der Waals surface area (Å²) in [4.78, 5) is 4.66. The van der Waals surface area contributed by atoms with E-state index in [1.807, 2.05) is 28.9 Å². The third kappa shape index (κ3) is 2.96. The van der Waals surface area contributed by atoms with Gasteiger partial charge in [-0.3, -0.25) is 5.10 Å². The van der Waals surface area contributed by atoms with Crippen molar-refractivity contribution in [2.24, 2.45) is 0 Å². The molecule has 3 heterocycles. The molecule has 0 bridgehead atoms. The zero-order valence-corrected chi connectivity index (χ0v) is 13.2. The van der Waals surface area contributed by atoms with E-state index in [1.165, 1.54) is 0 Å². The summed E-state index contributed by atoms with van der Waals surface area (Å²) in [7, 11) is 0. The molecule has 0 aliphatic carbocycles. The molecule has 0 saturated heterocycles. The highest BCUT2D eigenvalue weighted by Gasteiger charge is 2.27. The van der Waals surface area contributed by atoms with E-state index in [1.54, 1.807) is 0 Å². The molecular weight excluding hydrogens is 314 g/mol. The van der Waals surface area contributed by atoms with Gasteiger partial charge in [0.15, 0.2) is 11.6 Å². The zero-order valence-electron chi connectivity index (χ0n) is 12.5. The number of nitrogens with zero attached hydrogens (tertiary/aromatic N) is 6. The van der Waals surface area contributed by atoms with Crippen molar-refractivity contribution in [3.05, 3.63) is 52.3 Å². The van der Waals surface area contributed by atoms with Crippen molar-refractivity contribution in [1.29, 1.82) is 0 Å². The van der Waals surface area contributed by atoms with Crippen molar-refractivity contribution < 1.29 is 0 Å². The van der Waals surface area contributed by atoms with Crippen LogP contribution in [0.5, 0.6) is 0 Å². The zero-order chi connectivity index (χ0) is 15.6. The van der Waals surface area contributed by atoms with E-state index >= 15 is 0 Å². The van der Waals surface area contributed by atoms with Crippen molar-refractivity contribution in [3.8, 4) is 0 Å². The third-order valence-corrected chi connectivity index (χ3v) is 4.34. The number of halogens is 1. The van der Waals surface area contributed by atoms with Crippen LogP contribution in [0.25, 0.3) is 0 Å². The van der Waals surface area contributed by atoms with Crippen LogP contribution in [0.3, 0.4) is 0 Å². The smallest absolute Gasteiger partial charge is 0.161 e. The molecule has 1 aromatic carbocycles. The van der Waals surface area contributed by atoms with Gasteiger partial charge >= 0.3 is 0 Å². The summed E-state index contributed by atoms with van der Waals surface area (Å²) < 4.78 is 1.87. The van der Waals surface area contributed by atoms with Crippen molar-refractivity contribution >= 4 is 11.6 Å². The molecule has 0 radical (unpaired) electrons. The van der Waals surface area contributed by atoms with Gasteiger partial charge in [0.25, 0.3) is 0 Å². The van der Waals surface area contributed by atoms with Gasteiger partial charge in [0.1, 0.15) is 5.82 Å². The fourth-order valence-corrected chi connectivity index (χ4v) is 3.20. The molecule has 1 N–H and O–H groups in total. The van der Waals surface area contributed by atoms with Crippen LogP contribution in [0.4, 0.5) is 0 Å². The van der Waals surface area contributed by atoms with Crippen LogP contribution in [0.15, 0.2) is 24.3 Å². The van der Waals surface area contributed by atoms with Gasteiger partial charge in [-0.25, -0.2) is 9.67 Å². The summed E-state index contributed by atoms with van der Waals surface area (Å²) in [5, 5.41) is 20.2. The highest BCUT2D eigenvalue weighted by molar-refractivity contribution is 6.30. The number of nitrogens with one attached hydrogen (secondary N) is 1. The molecule has 8 heteroatoms. The minimum atomic E-state index is 0.0526. The Morgan fingerprint density at radius 3 is 3.17 bits per heavy atom. The van der Waals surface area contributed by atoms with Gasteiger partial charge in [-0.05, 0) is 41.0 Å². The monoisotopic (exact) mass is 329 g/mol. The first-order valence-electron chi connectivity index (χ1n) is 7.71. The standard InChI is InChI=1S/C15H16ClN7/c16-11-5-3-4-10(8-11)9-13-17-14(19-18-13)12-6-1-2-7-23-15(12)20-21-22-23/h3-5,8,12H,1-2,6-7,9H2,(H,17,18,19). The van der Waals surface area contributed by atoms with Gasteiger partial charge in [0, 0.05) is 18.0 Å². The molecule has 4 rings (SSSR count). The van der Waals surface area contributed by atoms with Gasteiger partial charge in [-0.1, -0.05) is 30.2 Å². The molecule has 23 heavy (non-hydrogen) atoms. The summed E-state index contributed by atoms with van der Waals surface area (Å²) in [5.41, 5.74) is 1.10. The Hall–Kier alpha value is -2.28. The number of benzene rings is 1. The quantitative estimate of drug-likeness (QED) is 0.797. The van der Waals surface area contributed by atoms with E-state index in [4.69, 9.17) is 11.6 Å². The van der Waals surface area contributed by atoms with E-state index in [2.05, 4.69) is 30.7 Å². The summed E-state index contributed by atoms with van der Waals surface area (Å²) >= 11 is 6.03. The Morgan fingerprint density at radius 1 is 1.30 bits per heavy atom. The predicted octanol–water partition coefficient (Wildman–Crippen LogP) is 2.35. The number of hydrogen-bond acceptors (Lipinski definition) is 5. The molecule has 0 spiro atoms. The fraction of sp³-hybridized carbons (Fsp3) is 0.400. The lowest BCUT2D eigenvalue weighted by molar-refractivity contribution is 0.556. The van der Waals surface area contributed by atoms with E-state index < -0.39 is 0 Å². The molecule has 1 atom stereocenters. The van der Waals surface area contributed by atoms with Gasteiger partial charge in [-0.15, -0.1) is 5.10 Å². The van der Waals surface area contributed by atoms with Gasteiger partial charge in [0.2, 0.25) is 0 Å². The number of tetrazole rings is 1. The minimum Gasteiger partial charge on any atom is -0.263 e. The first-order valence-corrected chi connectivity index (χ1v) is 8.09. The Bertz CT molecular complexity index is 810. The average molecular weight is 330 g/mol. The molecule has 7 nitrogen and oxygen atoms in total. The van der Waals surface area contributed by atoms with Crippen molar-refractivity contribution in [2.45, 2.75) is 38.1 Å². The normalized spacial score (nSPS) is 17.7. The van der Waals surface area contributed by atoms with Crippen LogP contribution >= 0.6 is 11.6 Å². The lowest BCUT2D eigenvalue weighted by atomic mass is 10.0. The van der Waals surface area contributed by atoms with Crippen LogP contribution in [0.1, 0.15) is 48.2 Å². The number of H-pyrrole nitrogens is 1. The van der Waals surface area contributed by atoms with E-state index in [9.17, 15) is 0 Å². The maximum atomic E-state index is 6.03.